The zero-order valence-electron chi connectivity index (χ0n) is 22.4. The Hall–Kier alpha value is -3.13. The van der Waals surface area contributed by atoms with Crippen LogP contribution in [0.4, 0.5) is 11.5 Å². The molecule has 4 heterocycles. The van der Waals surface area contributed by atoms with Crippen molar-refractivity contribution in [1.29, 1.82) is 0 Å². The molecule has 3 aliphatic heterocycles. The van der Waals surface area contributed by atoms with Crippen LogP contribution in [-0.4, -0.2) is 65.6 Å². The second kappa shape index (κ2) is 11.7. The second-order valence-electron chi connectivity index (χ2n) is 9.99. The number of hydrazone groups is 1. The maximum absolute atomic E-state index is 11.9. The van der Waals surface area contributed by atoms with E-state index in [-0.39, 0.29) is 5.91 Å². The number of hydrogen-bond acceptors (Lipinski definition) is 6. The van der Waals surface area contributed by atoms with Crippen molar-refractivity contribution in [2.45, 2.75) is 59.9 Å². The summed E-state index contributed by atoms with van der Waals surface area (Å²) in [5.74, 6) is 1.91. The molecule has 1 saturated heterocycles. The molecule has 1 fully saturated rings. The molecule has 1 amide bonds. The number of benzene rings is 1. The summed E-state index contributed by atoms with van der Waals surface area (Å²) in [4.78, 5) is 16.1. The third-order valence-corrected chi connectivity index (χ3v) is 7.17. The van der Waals surface area contributed by atoms with Crippen LogP contribution in [0.2, 0.25) is 0 Å². The van der Waals surface area contributed by atoms with Crippen LogP contribution in [0.3, 0.4) is 0 Å². The topological polar surface area (TPSA) is 77.1 Å². The van der Waals surface area contributed by atoms with Crippen molar-refractivity contribution in [2.75, 3.05) is 38.3 Å². The number of aryl methyl sites for hydroxylation is 1. The Labute approximate surface area is 215 Å². The van der Waals surface area contributed by atoms with E-state index in [1.54, 1.807) is 13.1 Å². The maximum atomic E-state index is 11.9. The van der Waals surface area contributed by atoms with Gasteiger partial charge in [-0.15, -0.1) is 0 Å². The first-order valence-electron chi connectivity index (χ1n) is 13.1. The number of anilines is 2. The lowest BCUT2D eigenvalue weighted by atomic mass is 9.98. The van der Waals surface area contributed by atoms with Crippen LogP contribution in [0.1, 0.15) is 62.9 Å². The minimum Gasteiger partial charge on any atom is -0.381 e. The number of fused-ring (bicyclic) bond motifs is 2. The van der Waals surface area contributed by atoms with E-state index in [2.05, 4.69) is 58.3 Å². The molecule has 8 nitrogen and oxygen atoms in total. The van der Waals surface area contributed by atoms with Gasteiger partial charge in [0, 0.05) is 75.6 Å². The zero-order chi connectivity index (χ0) is 25.7. The first-order valence-corrected chi connectivity index (χ1v) is 13.1. The van der Waals surface area contributed by atoms with Gasteiger partial charge in [0.15, 0.2) is 5.82 Å². The van der Waals surface area contributed by atoms with Gasteiger partial charge in [-0.3, -0.25) is 14.9 Å². The molecule has 36 heavy (non-hydrogen) atoms. The van der Waals surface area contributed by atoms with Gasteiger partial charge in [0.2, 0.25) is 5.91 Å². The van der Waals surface area contributed by atoms with Gasteiger partial charge in [-0.1, -0.05) is 13.0 Å². The van der Waals surface area contributed by atoms with Gasteiger partial charge in [0.25, 0.3) is 0 Å². The van der Waals surface area contributed by atoms with E-state index in [9.17, 15) is 4.79 Å². The number of nitrogens with one attached hydrogen (secondary N) is 1. The van der Waals surface area contributed by atoms with E-state index in [0.717, 1.165) is 74.3 Å². The standard InChI is InChI=1S/C23H30N6O.C5H10O/c1-5-24-27(4)16(2)13-18-8-9-22-19(14-18)7-6-11-29(22)23-20-15-28(17(3)30)12-10-21(20)25-26-23;1-5-2-3-6-4-5/h5,8-9,13-14H,6-7,10-12,15H2,1-4H3,(H,25,26);5H,2-4H2,1H3/b16-13+,24-5-;/t;5-/m.0/s1. The van der Waals surface area contributed by atoms with E-state index in [1.165, 1.54) is 23.2 Å². The van der Waals surface area contributed by atoms with Crippen molar-refractivity contribution in [2.24, 2.45) is 11.0 Å². The first-order chi connectivity index (χ1) is 17.4. The van der Waals surface area contributed by atoms with Crippen LogP contribution in [0.5, 0.6) is 0 Å². The third-order valence-electron chi connectivity index (χ3n) is 7.17. The Morgan fingerprint density at radius 1 is 1.28 bits per heavy atom. The third kappa shape index (κ3) is 5.98. The predicted octanol–water partition coefficient (Wildman–Crippen LogP) is 4.74. The number of aromatic amines is 1. The van der Waals surface area contributed by atoms with Crippen LogP contribution in [0, 0.1) is 5.92 Å². The van der Waals surface area contributed by atoms with Crippen LogP contribution < -0.4 is 4.90 Å². The molecule has 1 aromatic heterocycles. The molecule has 8 heteroatoms. The number of nitrogens with zero attached hydrogens (tertiary/aromatic N) is 5. The van der Waals surface area contributed by atoms with Gasteiger partial charge >= 0.3 is 0 Å². The maximum Gasteiger partial charge on any atom is 0.219 e. The molecule has 2 aromatic rings. The van der Waals surface area contributed by atoms with Gasteiger partial charge in [0.05, 0.1) is 6.54 Å². The highest BCUT2D eigenvalue weighted by Crippen LogP contribution is 2.37. The minimum absolute atomic E-state index is 0.121. The van der Waals surface area contributed by atoms with E-state index < -0.39 is 0 Å². The molecule has 0 bridgehead atoms. The number of amides is 1. The van der Waals surface area contributed by atoms with Crippen molar-refractivity contribution in [3.8, 4) is 0 Å². The monoisotopic (exact) mass is 492 g/mol. The molecule has 1 atom stereocenters. The van der Waals surface area contributed by atoms with E-state index in [1.807, 2.05) is 23.9 Å². The lowest BCUT2D eigenvalue weighted by Crippen LogP contribution is -2.35. The summed E-state index contributed by atoms with van der Waals surface area (Å²) in [6.07, 6.45) is 8.19. The summed E-state index contributed by atoms with van der Waals surface area (Å²) < 4.78 is 5.06. The molecule has 194 valence electrons. The summed E-state index contributed by atoms with van der Waals surface area (Å²) >= 11 is 0. The summed E-state index contributed by atoms with van der Waals surface area (Å²) in [5, 5.41) is 14.1. The SMILES string of the molecule is C/C=N\N(C)/C(C)=C/c1ccc2c(c1)CCCN2c1n[nH]c2c1CN(C(C)=O)CC2.C[C@H]1CCOC1. The summed E-state index contributed by atoms with van der Waals surface area (Å²) in [6, 6.07) is 6.63. The molecule has 3 aliphatic rings. The molecular formula is C28H40N6O2. The number of H-pyrrole nitrogens is 1. The van der Waals surface area contributed by atoms with Gasteiger partial charge < -0.3 is 14.5 Å². The van der Waals surface area contributed by atoms with E-state index in [4.69, 9.17) is 4.74 Å². The van der Waals surface area contributed by atoms with Crippen molar-refractivity contribution in [1.82, 2.24) is 20.1 Å². The Morgan fingerprint density at radius 2 is 2.11 bits per heavy atom. The van der Waals surface area contributed by atoms with Crippen LogP contribution in [-0.2, 0) is 28.9 Å². The van der Waals surface area contributed by atoms with E-state index in [0.29, 0.717) is 6.54 Å². The van der Waals surface area contributed by atoms with Crippen molar-refractivity contribution in [3.63, 3.8) is 0 Å². The Bertz CT molecular complexity index is 1120. The predicted molar refractivity (Wildman–Crippen MR) is 145 cm³/mol. The fraction of sp³-hybridized carbons (Fsp3) is 0.536. The normalized spacial score (nSPS) is 19.6. The highest BCUT2D eigenvalue weighted by Gasteiger charge is 2.28. The zero-order valence-corrected chi connectivity index (χ0v) is 22.4. The quantitative estimate of drug-likeness (QED) is 0.493. The van der Waals surface area contributed by atoms with Crippen LogP contribution >= 0.6 is 0 Å². The number of rotatable bonds is 4. The average molecular weight is 493 g/mol. The molecule has 0 saturated carbocycles. The molecule has 0 aliphatic carbocycles. The summed E-state index contributed by atoms with van der Waals surface area (Å²) in [7, 11) is 1.96. The van der Waals surface area contributed by atoms with Crippen molar-refractivity contribution < 1.29 is 9.53 Å². The van der Waals surface area contributed by atoms with Crippen molar-refractivity contribution >= 4 is 29.7 Å². The molecule has 5 rings (SSSR count). The molecule has 1 aromatic carbocycles. The van der Waals surface area contributed by atoms with Crippen LogP contribution in [0.15, 0.2) is 29.0 Å². The van der Waals surface area contributed by atoms with Gasteiger partial charge in [-0.05, 0) is 68.4 Å². The lowest BCUT2D eigenvalue weighted by molar-refractivity contribution is -0.129. The Morgan fingerprint density at radius 3 is 2.78 bits per heavy atom. The van der Waals surface area contributed by atoms with Crippen molar-refractivity contribution in [3.05, 3.63) is 46.3 Å². The first kappa shape index (κ1) is 25.9. The largest absolute Gasteiger partial charge is 0.381 e. The number of carbonyl (C=O) groups excluding carboxylic acids is 1. The number of carbonyl (C=O) groups is 1. The highest BCUT2D eigenvalue weighted by molar-refractivity contribution is 5.75. The van der Waals surface area contributed by atoms with Gasteiger partial charge in [-0.25, -0.2) is 0 Å². The van der Waals surface area contributed by atoms with Gasteiger partial charge in [-0.2, -0.15) is 10.2 Å². The van der Waals surface area contributed by atoms with E-state index >= 15 is 0 Å². The molecule has 0 radical (unpaired) electrons. The highest BCUT2D eigenvalue weighted by atomic mass is 16.5. The minimum atomic E-state index is 0.121. The molecule has 0 unspecified atom stereocenters. The van der Waals surface area contributed by atoms with Gasteiger partial charge in [0.1, 0.15) is 0 Å². The average Bonchev–Trinajstić information content (AvgIpc) is 3.52. The number of hydrogen-bond donors (Lipinski definition) is 1. The Balaban J connectivity index is 0.000000445. The summed E-state index contributed by atoms with van der Waals surface area (Å²) in [6.45, 7) is 12.1. The second-order valence-corrected chi connectivity index (χ2v) is 9.99. The molecular weight excluding hydrogens is 452 g/mol. The number of allylic oxidation sites excluding steroid dienone is 1. The van der Waals surface area contributed by atoms with Crippen LogP contribution in [0.25, 0.3) is 6.08 Å². The molecule has 1 N–H and O–H groups in total. The smallest absolute Gasteiger partial charge is 0.219 e. The Kier molecular flexibility index (Phi) is 8.46. The lowest BCUT2D eigenvalue weighted by Gasteiger charge is -2.32. The summed E-state index contributed by atoms with van der Waals surface area (Å²) in [5.41, 5.74) is 7.13. The number of aromatic nitrogens is 2. The number of ether oxygens (including phenoxy) is 1. The fourth-order valence-corrected chi connectivity index (χ4v) is 4.95. The fourth-order valence-electron chi connectivity index (χ4n) is 4.95. The molecule has 0 spiro atoms.